The molecule has 1 aromatic rings. The summed E-state index contributed by atoms with van der Waals surface area (Å²) in [4.78, 5) is 3.95. The van der Waals surface area contributed by atoms with Gasteiger partial charge in [-0.1, -0.05) is 0 Å². The lowest BCUT2D eigenvalue weighted by Crippen LogP contribution is -2.54. The van der Waals surface area contributed by atoms with Crippen LogP contribution >= 0.6 is 22.9 Å². The number of nitrogens with one attached hydrogen (secondary N) is 1. The van der Waals surface area contributed by atoms with Crippen molar-refractivity contribution in [2.45, 2.75) is 35.9 Å². The number of sulfonamides is 1. The molecule has 0 atom stereocenters. The summed E-state index contributed by atoms with van der Waals surface area (Å²) in [6.45, 7) is 1.78. The number of rotatable bonds is 4. The first-order valence-corrected chi connectivity index (χ1v) is 7.83. The van der Waals surface area contributed by atoms with E-state index in [2.05, 4.69) is 9.71 Å². The second-order valence-corrected chi connectivity index (χ2v) is 7.48. The van der Waals surface area contributed by atoms with Crippen molar-refractivity contribution in [2.24, 2.45) is 0 Å². The molecule has 1 aliphatic carbocycles. The zero-order valence-electron chi connectivity index (χ0n) is 8.86. The summed E-state index contributed by atoms with van der Waals surface area (Å²) >= 11 is 7.00. The molecule has 90 valence electrons. The maximum Gasteiger partial charge on any atom is 0.252 e. The van der Waals surface area contributed by atoms with E-state index in [9.17, 15) is 8.42 Å². The van der Waals surface area contributed by atoms with Gasteiger partial charge in [0.2, 0.25) is 0 Å². The van der Waals surface area contributed by atoms with Crippen LogP contribution in [0.25, 0.3) is 0 Å². The van der Waals surface area contributed by atoms with Crippen molar-refractivity contribution in [3.63, 3.8) is 0 Å². The summed E-state index contributed by atoms with van der Waals surface area (Å²) < 4.78 is 27.0. The third kappa shape index (κ3) is 2.25. The van der Waals surface area contributed by atoms with E-state index in [1.54, 1.807) is 6.92 Å². The smallest absolute Gasteiger partial charge is 0.249 e. The largest absolute Gasteiger partial charge is 0.252 e. The molecule has 1 N–H and O–H groups in total. The van der Waals surface area contributed by atoms with Crippen LogP contribution in [-0.2, 0) is 10.0 Å². The number of hydrogen-bond donors (Lipinski definition) is 1. The fourth-order valence-corrected chi connectivity index (χ4v) is 4.65. The van der Waals surface area contributed by atoms with Gasteiger partial charge in [-0.05, 0) is 26.2 Å². The van der Waals surface area contributed by atoms with Crippen molar-refractivity contribution in [1.82, 2.24) is 9.71 Å². The predicted octanol–water partition coefficient (Wildman–Crippen LogP) is 1.89. The van der Waals surface area contributed by atoms with Crippen LogP contribution in [0.5, 0.6) is 0 Å². The Balaban J connectivity index is 2.20. The predicted molar refractivity (Wildman–Crippen MR) is 64.5 cm³/mol. The number of nitrogens with zero attached hydrogens (tertiary/aromatic N) is 1. The van der Waals surface area contributed by atoms with E-state index in [0.29, 0.717) is 5.88 Å². The second kappa shape index (κ2) is 4.25. The molecule has 0 aliphatic heterocycles. The molecule has 4 nitrogen and oxygen atoms in total. The van der Waals surface area contributed by atoms with E-state index in [-0.39, 0.29) is 4.21 Å². The van der Waals surface area contributed by atoms with Crippen LogP contribution in [0.4, 0.5) is 0 Å². The van der Waals surface area contributed by atoms with Crippen LogP contribution in [0, 0.1) is 6.92 Å². The van der Waals surface area contributed by atoms with Gasteiger partial charge in [0.1, 0.15) is 0 Å². The lowest BCUT2D eigenvalue weighted by molar-refractivity contribution is 0.252. The Kier molecular flexibility index (Phi) is 3.27. The summed E-state index contributed by atoms with van der Waals surface area (Å²) in [5.74, 6) is 0.323. The van der Waals surface area contributed by atoms with Gasteiger partial charge in [0.25, 0.3) is 10.0 Å². The lowest BCUT2D eigenvalue weighted by atomic mass is 9.79. The van der Waals surface area contributed by atoms with Crippen molar-refractivity contribution in [3.8, 4) is 0 Å². The average molecular weight is 281 g/mol. The van der Waals surface area contributed by atoms with E-state index in [0.717, 1.165) is 24.3 Å². The summed E-state index contributed by atoms with van der Waals surface area (Å²) in [6, 6.07) is 0. The number of alkyl halides is 1. The molecule has 0 radical (unpaired) electrons. The summed E-state index contributed by atoms with van der Waals surface area (Å²) in [6.07, 6.45) is 4.04. The fraction of sp³-hybridized carbons (Fsp3) is 0.667. The van der Waals surface area contributed by atoms with Crippen molar-refractivity contribution in [3.05, 3.63) is 11.2 Å². The van der Waals surface area contributed by atoms with Crippen LogP contribution in [0.3, 0.4) is 0 Å². The van der Waals surface area contributed by atoms with Crippen molar-refractivity contribution in [1.29, 1.82) is 0 Å². The molecule has 0 spiro atoms. The molecule has 0 amide bonds. The minimum Gasteiger partial charge on any atom is -0.249 e. The molecule has 0 bridgehead atoms. The first-order valence-electron chi connectivity index (χ1n) is 5.00. The Labute approximate surface area is 104 Å². The zero-order valence-corrected chi connectivity index (χ0v) is 11.3. The van der Waals surface area contributed by atoms with E-state index in [1.165, 1.54) is 17.5 Å². The average Bonchev–Trinajstić information content (AvgIpc) is 2.59. The minimum atomic E-state index is -3.45. The first-order chi connectivity index (χ1) is 7.47. The highest BCUT2D eigenvalue weighted by atomic mass is 35.5. The first kappa shape index (κ1) is 12.3. The van der Waals surface area contributed by atoms with Crippen LogP contribution in [0.15, 0.2) is 10.4 Å². The van der Waals surface area contributed by atoms with Gasteiger partial charge in [-0.3, -0.25) is 0 Å². The van der Waals surface area contributed by atoms with E-state index in [1.807, 2.05) is 0 Å². The SMILES string of the molecule is Cc1ncc(S(=O)(=O)NC2(CCl)CCC2)s1. The zero-order chi connectivity index (χ0) is 11.8. The summed E-state index contributed by atoms with van der Waals surface area (Å²) in [7, 11) is -3.45. The van der Waals surface area contributed by atoms with Gasteiger partial charge in [0.15, 0.2) is 4.21 Å². The fourth-order valence-electron chi connectivity index (χ4n) is 1.67. The molecule has 0 unspecified atom stereocenters. The highest BCUT2D eigenvalue weighted by molar-refractivity contribution is 7.91. The van der Waals surface area contributed by atoms with Crippen LogP contribution in [-0.4, -0.2) is 24.8 Å². The van der Waals surface area contributed by atoms with Gasteiger partial charge in [-0.25, -0.2) is 18.1 Å². The molecule has 1 saturated carbocycles. The van der Waals surface area contributed by atoms with Gasteiger partial charge < -0.3 is 0 Å². The molecule has 1 heterocycles. The van der Waals surface area contributed by atoms with E-state index >= 15 is 0 Å². The Morgan fingerprint density at radius 2 is 2.31 bits per heavy atom. The third-order valence-electron chi connectivity index (χ3n) is 2.78. The highest BCUT2D eigenvalue weighted by Crippen LogP contribution is 2.34. The molecule has 0 saturated heterocycles. The van der Waals surface area contributed by atoms with Crippen LogP contribution in [0.1, 0.15) is 24.3 Å². The van der Waals surface area contributed by atoms with Gasteiger partial charge in [0.05, 0.1) is 11.2 Å². The topological polar surface area (TPSA) is 59.1 Å². The number of halogens is 1. The normalized spacial score (nSPS) is 19.4. The number of aryl methyl sites for hydroxylation is 1. The molecular weight excluding hydrogens is 268 g/mol. The second-order valence-electron chi connectivity index (χ2n) is 4.07. The Bertz CT molecular complexity index is 474. The van der Waals surface area contributed by atoms with Gasteiger partial charge in [0, 0.05) is 11.4 Å². The van der Waals surface area contributed by atoms with Gasteiger partial charge >= 0.3 is 0 Å². The minimum absolute atomic E-state index is 0.265. The lowest BCUT2D eigenvalue weighted by Gasteiger charge is -2.40. The molecule has 7 heteroatoms. The van der Waals surface area contributed by atoms with E-state index < -0.39 is 15.6 Å². The molecular formula is C9H13ClN2O2S2. The number of thiazole rings is 1. The molecule has 1 aliphatic rings. The van der Waals surface area contributed by atoms with Crippen molar-refractivity contribution >= 4 is 33.0 Å². The monoisotopic (exact) mass is 280 g/mol. The molecule has 1 aromatic heterocycles. The van der Waals surface area contributed by atoms with Crippen LogP contribution < -0.4 is 4.72 Å². The highest BCUT2D eigenvalue weighted by Gasteiger charge is 2.40. The van der Waals surface area contributed by atoms with Crippen molar-refractivity contribution < 1.29 is 8.42 Å². The standard InChI is InChI=1S/C9H13ClN2O2S2/c1-7-11-5-8(15-7)16(13,14)12-9(6-10)3-2-4-9/h5,12H,2-4,6H2,1H3. The molecule has 2 rings (SSSR count). The van der Waals surface area contributed by atoms with Crippen molar-refractivity contribution in [2.75, 3.05) is 5.88 Å². The van der Waals surface area contributed by atoms with Crippen LogP contribution in [0.2, 0.25) is 0 Å². The molecule has 16 heavy (non-hydrogen) atoms. The van der Waals surface area contributed by atoms with E-state index in [4.69, 9.17) is 11.6 Å². The summed E-state index contributed by atoms with van der Waals surface area (Å²) in [5, 5.41) is 0.744. The Morgan fingerprint density at radius 1 is 1.62 bits per heavy atom. The number of aromatic nitrogens is 1. The van der Waals surface area contributed by atoms with Gasteiger partial charge in [-0.2, -0.15) is 0 Å². The summed E-state index contributed by atoms with van der Waals surface area (Å²) in [5.41, 5.74) is -0.432. The molecule has 1 fully saturated rings. The quantitative estimate of drug-likeness (QED) is 0.857. The van der Waals surface area contributed by atoms with Gasteiger partial charge in [-0.15, -0.1) is 22.9 Å². The Hall–Kier alpha value is -0.170. The third-order valence-corrected chi connectivity index (χ3v) is 6.25. The maximum atomic E-state index is 12.0. The molecule has 0 aromatic carbocycles. The number of hydrogen-bond acceptors (Lipinski definition) is 4. The maximum absolute atomic E-state index is 12.0. The Morgan fingerprint density at radius 3 is 2.69 bits per heavy atom.